The van der Waals surface area contributed by atoms with E-state index in [9.17, 15) is 9.59 Å². The summed E-state index contributed by atoms with van der Waals surface area (Å²) in [4.78, 5) is 27.9. The number of anilines is 2. The number of fused-ring (bicyclic) bond motifs is 2. The fourth-order valence-electron chi connectivity index (χ4n) is 4.41. The Morgan fingerprint density at radius 1 is 0.975 bits per heavy atom. The summed E-state index contributed by atoms with van der Waals surface area (Å²) in [6.45, 7) is 4.31. The van der Waals surface area contributed by atoms with E-state index in [4.69, 9.17) is 0 Å². The van der Waals surface area contributed by atoms with Gasteiger partial charge in [-0.15, -0.1) is 55.5 Å². The van der Waals surface area contributed by atoms with Crippen molar-refractivity contribution in [2.75, 3.05) is 10.6 Å². The van der Waals surface area contributed by atoms with Gasteiger partial charge in [0.2, 0.25) is 0 Å². The molecule has 0 aromatic carbocycles. The zero-order chi connectivity index (χ0) is 27.6. The van der Waals surface area contributed by atoms with Crippen molar-refractivity contribution in [3.63, 3.8) is 0 Å². The van der Waals surface area contributed by atoms with Gasteiger partial charge in [0.15, 0.2) is 0 Å². The molecule has 0 unspecified atom stereocenters. The van der Waals surface area contributed by atoms with Crippen molar-refractivity contribution in [2.24, 2.45) is 0 Å². The van der Waals surface area contributed by atoms with Crippen LogP contribution in [0.2, 0.25) is 0 Å². The smallest absolute Gasteiger partial charge is 0.265 e. The van der Waals surface area contributed by atoms with E-state index in [1.807, 2.05) is 29.8 Å². The predicted octanol–water partition coefficient (Wildman–Crippen LogP) is 7.10. The normalized spacial score (nSPS) is 11.3. The highest BCUT2D eigenvalue weighted by atomic mass is 32.1. The quantitative estimate of drug-likeness (QED) is 0.172. The molecule has 0 bridgehead atoms. The van der Waals surface area contributed by atoms with Crippen molar-refractivity contribution in [1.82, 2.24) is 20.4 Å². The fraction of sp³-hybridized carbons (Fsp3) is 0.214. The molecular formula is C28H24N6O2S4. The van der Waals surface area contributed by atoms with E-state index in [0.717, 1.165) is 47.7 Å². The second-order valence-corrected chi connectivity index (χ2v) is 13.3. The first-order valence-electron chi connectivity index (χ1n) is 12.6. The van der Waals surface area contributed by atoms with Crippen LogP contribution in [-0.4, -0.2) is 32.1 Å². The lowest BCUT2D eigenvalue weighted by molar-refractivity contribution is -0.116. The van der Waals surface area contributed by atoms with Crippen molar-refractivity contribution in [1.29, 1.82) is 0 Å². The molecule has 0 spiro atoms. The Bertz CT molecular complexity index is 1840. The van der Waals surface area contributed by atoms with Gasteiger partial charge in [0.05, 0.1) is 38.0 Å². The molecule has 202 valence electrons. The number of nitrogens with zero attached hydrogens (tertiary/aromatic N) is 4. The molecule has 40 heavy (non-hydrogen) atoms. The average molecular weight is 605 g/mol. The Hall–Kier alpha value is -3.58. The molecule has 6 heterocycles. The maximum Gasteiger partial charge on any atom is 0.265 e. The number of carbonyl (C=O) groups excluding carboxylic acids is 2. The number of amides is 1. The van der Waals surface area contributed by atoms with Crippen LogP contribution in [0.1, 0.15) is 49.5 Å². The lowest BCUT2D eigenvalue weighted by Crippen LogP contribution is -2.10. The summed E-state index contributed by atoms with van der Waals surface area (Å²) < 4.78 is 1.95. The summed E-state index contributed by atoms with van der Waals surface area (Å²) in [6.07, 6.45) is 5.08. The standard InChI is InChI=1S/C28H24N6O2S4/c1-15-13-39-26-21(12-31-33-24(15)26)32-28(36)23-9-17(14-38-23)8-19-22(6-5-16(2)35)40-27-20(11-30-34-25(19)27)29-10-18-4-3-7-37-18/h3-4,7,9,11-14H,5-6,8,10H2,1-2H3,(H,29,34)(H,32,33,36). The van der Waals surface area contributed by atoms with Gasteiger partial charge in [0.25, 0.3) is 5.91 Å². The highest BCUT2D eigenvalue weighted by Gasteiger charge is 2.20. The molecule has 0 aliphatic carbocycles. The third-order valence-electron chi connectivity index (χ3n) is 6.43. The molecule has 0 aliphatic rings. The first-order chi connectivity index (χ1) is 19.5. The molecule has 6 aromatic rings. The molecule has 0 saturated heterocycles. The number of ketones is 1. The van der Waals surface area contributed by atoms with Crippen molar-refractivity contribution < 1.29 is 9.59 Å². The number of thiophene rings is 4. The third-order valence-corrected chi connectivity index (χ3v) is 10.7. The number of aromatic nitrogens is 4. The third kappa shape index (κ3) is 5.52. The van der Waals surface area contributed by atoms with Gasteiger partial charge in [0, 0.05) is 29.1 Å². The molecule has 12 heteroatoms. The molecule has 0 fully saturated rings. The molecule has 0 aliphatic heterocycles. The summed E-state index contributed by atoms with van der Waals surface area (Å²) in [5.74, 6) is -0.0240. The van der Waals surface area contributed by atoms with Gasteiger partial charge in [-0.3, -0.25) is 4.79 Å². The first kappa shape index (κ1) is 26.6. The number of hydrogen-bond acceptors (Lipinski definition) is 11. The number of nitrogens with one attached hydrogen (secondary N) is 2. The van der Waals surface area contributed by atoms with Gasteiger partial charge in [0.1, 0.15) is 16.8 Å². The molecule has 6 rings (SSSR count). The van der Waals surface area contributed by atoms with Crippen LogP contribution in [0.15, 0.2) is 46.7 Å². The van der Waals surface area contributed by atoms with Crippen LogP contribution in [-0.2, 0) is 24.2 Å². The van der Waals surface area contributed by atoms with Gasteiger partial charge in [-0.05, 0) is 65.2 Å². The van der Waals surface area contributed by atoms with E-state index in [0.29, 0.717) is 36.4 Å². The van der Waals surface area contributed by atoms with Crippen molar-refractivity contribution >= 4 is 88.8 Å². The predicted molar refractivity (Wildman–Crippen MR) is 165 cm³/mol. The largest absolute Gasteiger partial charge is 0.378 e. The van der Waals surface area contributed by atoms with E-state index in [1.54, 1.807) is 53.3 Å². The van der Waals surface area contributed by atoms with Crippen LogP contribution >= 0.6 is 45.3 Å². The summed E-state index contributed by atoms with van der Waals surface area (Å²) in [5.41, 5.74) is 6.37. The average Bonchev–Trinajstić information content (AvgIpc) is 3.75. The van der Waals surface area contributed by atoms with Crippen LogP contribution in [0.5, 0.6) is 0 Å². The maximum atomic E-state index is 13.1. The van der Waals surface area contributed by atoms with E-state index in [-0.39, 0.29) is 11.7 Å². The number of carbonyl (C=O) groups is 2. The molecule has 0 radical (unpaired) electrons. The summed E-state index contributed by atoms with van der Waals surface area (Å²) in [7, 11) is 0. The Morgan fingerprint density at radius 2 is 1.80 bits per heavy atom. The highest BCUT2D eigenvalue weighted by Crippen LogP contribution is 2.37. The highest BCUT2D eigenvalue weighted by molar-refractivity contribution is 7.20. The number of rotatable bonds is 10. The lowest BCUT2D eigenvalue weighted by atomic mass is 10.0. The first-order valence-corrected chi connectivity index (χ1v) is 16.0. The molecule has 0 saturated carbocycles. The molecule has 1 amide bonds. The molecule has 6 aromatic heterocycles. The summed E-state index contributed by atoms with van der Waals surface area (Å²) >= 11 is 6.32. The van der Waals surface area contributed by atoms with Crippen LogP contribution in [0, 0.1) is 6.92 Å². The van der Waals surface area contributed by atoms with Gasteiger partial charge in [-0.2, -0.15) is 10.2 Å². The Labute approximate surface area is 246 Å². The van der Waals surface area contributed by atoms with Crippen LogP contribution in [0.3, 0.4) is 0 Å². The van der Waals surface area contributed by atoms with Crippen molar-refractivity contribution in [2.45, 2.75) is 39.7 Å². The lowest BCUT2D eigenvalue weighted by Gasteiger charge is -2.05. The Kier molecular flexibility index (Phi) is 7.65. The van der Waals surface area contributed by atoms with Gasteiger partial charge < -0.3 is 15.4 Å². The molecule has 8 nitrogen and oxygen atoms in total. The topological polar surface area (TPSA) is 110 Å². The van der Waals surface area contributed by atoms with E-state index < -0.39 is 0 Å². The second-order valence-electron chi connectivity index (χ2n) is 9.38. The van der Waals surface area contributed by atoms with Crippen LogP contribution in [0.4, 0.5) is 11.4 Å². The molecular weight excluding hydrogens is 581 g/mol. The summed E-state index contributed by atoms with van der Waals surface area (Å²) in [5, 5.41) is 29.6. The minimum Gasteiger partial charge on any atom is -0.378 e. The summed E-state index contributed by atoms with van der Waals surface area (Å²) in [6, 6.07) is 6.06. The Balaban J connectivity index is 1.26. The number of hydrogen-bond donors (Lipinski definition) is 2. The van der Waals surface area contributed by atoms with E-state index in [2.05, 4.69) is 42.5 Å². The minimum atomic E-state index is -0.177. The minimum absolute atomic E-state index is 0.153. The van der Waals surface area contributed by atoms with Crippen molar-refractivity contribution in [3.05, 3.63) is 78.1 Å². The SMILES string of the molecule is CC(=O)CCc1sc2c(NCc3cccs3)cnnc2c1Cc1csc(C(=O)Nc2cnnc3c(C)csc23)c1. The second kappa shape index (κ2) is 11.5. The zero-order valence-electron chi connectivity index (χ0n) is 21.7. The van der Waals surface area contributed by atoms with Gasteiger partial charge in [-0.1, -0.05) is 6.07 Å². The van der Waals surface area contributed by atoms with Crippen LogP contribution < -0.4 is 10.6 Å². The maximum absolute atomic E-state index is 13.1. The van der Waals surface area contributed by atoms with Crippen molar-refractivity contribution in [3.8, 4) is 0 Å². The molecule has 0 atom stereocenters. The molecule has 2 N–H and O–H groups in total. The fourth-order valence-corrected chi connectivity index (χ4v) is 8.05. The van der Waals surface area contributed by atoms with Gasteiger partial charge in [-0.25, -0.2) is 0 Å². The Morgan fingerprint density at radius 3 is 2.60 bits per heavy atom. The number of Topliss-reactive ketones (excluding diaryl/α,β-unsaturated/α-hetero) is 1. The van der Waals surface area contributed by atoms with Gasteiger partial charge >= 0.3 is 0 Å². The van der Waals surface area contributed by atoms with E-state index in [1.165, 1.54) is 16.2 Å². The monoisotopic (exact) mass is 604 g/mol. The van der Waals surface area contributed by atoms with Crippen LogP contribution in [0.25, 0.3) is 20.4 Å². The number of aryl methyl sites for hydroxylation is 2. The van der Waals surface area contributed by atoms with E-state index >= 15 is 0 Å². The zero-order valence-corrected chi connectivity index (χ0v) is 25.0.